The molecule has 2 aliphatic rings. The van der Waals surface area contributed by atoms with E-state index in [1.165, 1.54) is 5.56 Å². The summed E-state index contributed by atoms with van der Waals surface area (Å²) in [6.07, 6.45) is 0.788. The third-order valence-corrected chi connectivity index (χ3v) is 5.74. The number of rotatable bonds is 5. The fraction of sp³-hybridized carbons (Fsp3) is 0.391. The maximum Gasteiger partial charge on any atom is 0.251 e. The molecule has 152 valence electrons. The van der Waals surface area contributed by atoms with Crippen LogP contribution >= 0.6 is 0 Å². The minimum atomic E-state index is -0.0803. The predicted molar refractivity (Wildman–Crippen MR) is 112 cm³/mol. The lowest BCUT2D eigenvalue weighted by Gasteiger charge is -2.35. The first-order valence-electron chi connectivity index (χ1n) is 10.2. The zero-order valence-corrected chi connectivity index (χ0v) is 16.8. The van der Waals surface area contributed by atoms with Gasteiger partial charge in [0.2, 0.25) is 5.91 Å². The zero-order chi connectivity index (χ0) is 20.2. The summed E-state index contributed by atoms with van der Waals surface area (Å²) in [7, 11) is 0. The summed E-state index contributed by atoms with van der Waals surface area (Å²) in [5.41, 5.74) is 3.81. The molecule has 2 aliphatic heterocycles. The number of anilines is 1. The second-order valence-corrected chi connectivity index (χ2v) is 7.55. The highest BCUT2D eigenvalue weighted by atomic mass is 16.5. The van der Waals surface area contributed by atoms with Gasteiger partial charge in [0.1, 0.15) is 0 Å². The van der Waals surface area contributed by atoms with E-state index < -0.39 is 0 Å². The molecule has 0 spiro atoms. The van der Waals surface area contributed by atoms with Crippen molar-refractivity contribution in [2.24, 2.45) is 0 Å². The fourth-order valence-corrected chi connectivity index (χ4v) is 4.18. The van der Waals surface area contributed by atoms with Crippen molar-refractivity contribution >= 4 is 17.5 Å². The van der Waals surface area contributed by atoms with Crippen LogP contribution in [0.25, 0.3) is 0 Å². The Morgan fingerprint density at radius 2 is 1.83 bits per heavy atom. The largest absolute Gasteiger partial charge is 0.379 e. The smallest absolute Gasteiger partial charge is 0.251 e. The minimum absolute atomic E-state index is 0.0390. The van der Waals surface area contributed by atoms with Crippen LogP contribution in [0.2, 0.25) is 0 Å². The molecule has 4 rings (SSSR count). The Morgan fingerprint density at radius 3 is 2.55 bits per heavy atom. The van der Waals surface area contributed by atoms with Gasteiger partial charge in [-0.25, -0.2) is 0 Å². The third kappa shape index (κ3) is 4.33. The van der Waals surface area contributed by atoms with Crippen molar-refractivity contribution in [3.63, 3.8) is 0 Å². The number of ether oxygens (including phenoxy) is 1. The molecule has 1 N–H and O–H groups in total. The van der Waals surface area contributed by atoms with Gasteiger partial charge in [-0.3, -0.25) is 14.5 Å². The maximum atomic E-state index is 12.8. The van der Waals surface area contributed by atoms with Gasteiger partial charge in [-0.05, 0) is 35.7 Å². The van der Waals surface area contributed by atoms with E-state index in [1.54, 1.807) is 11.8 Å². The summed E-state index contributed by atoms with van der Waals surface area (Å²) in [4.78, 5) is 28.7. The van der Waals surface area contributed by atoms with Crippen LogP contribution in [0.5, 0.6) is 0 Å². The van der Waals surface area contributed by atoms with E-state index in [1.807, 2.05) is 36.4 Å². The van der Waals surface area contributed by atoms with Crippen LogP contribution < -0.4 is 10.2 Å². The first kappa shape index (κ1) is 19.6. The van der Waals surface area contributed by atoms with E-state index in [-0.39, 0.29) is 17.9 Å². The Bertz CT molecular complexity index is 878. The molecule has 1 saturated heterocycles. The van der Waals surface area contributed by atoms with Crippen molar-refractivity contribution < 1.29 is 14.3 Å². The number of hydrogen-bond acceptors (Lipinski definition) is 4. The SMILES string of the molecule is CC(=O)N1CCc2cc(C(=O)NCC(c3ccccc3)N3CCOCC3)ccc21. The molecule has 0 aliphatic carbocycles. The van der Waals surface area contributed by atoms with Crippen molar-refractivity contribution in [2.45, 2.75) is 19.4 Å². The molecular formula is C23H27N3O3. The summed E-state index contributed by atoms with van der Waals surface area (Å²) in [6.45, 7) is 5.95. The van der Waals surface area contributed by atoms with E-state index >= 15 is 0 Å². The molecule has 0 bridgehead atoms. The highest BCUT2D eigenvalue weighted by Crippen LogP contribution is 2.29. The van der Waals surface area contributed by atoms with Crippen LogP contribution in [0.15, 0.2) is 48.5 Å². The van der Waals surface area contributed by atoms with E-state index in [4.69, 9.17) is 4.74 Å². The van der Waals surface area contributed by atoms with Crippen molar-refractivity contribution in [1.82, 2.24) is 10.2 Å². The van der Waals surface area contributed by atoms with Crippen molar-refractivity contribution in [3.05, 3.63) is 65.2 Å². The Morgan fingerprint density at radius 1 is 1.07 bits per heavy atom. The van der Waals surface area contributed by atoms with E-state index in [2.05, 4.69) is 22.3 Å². The second-order valence-electron chi connectivity index (χ2n) is 7.55. The average molecular weight is 393 g/mol. The van der Waals surface area contributed by atoms with Crippen molar-refractivity contribution in [3.8, 4) is 0 Å². The second kappa shape index (κ2) is 8.76. The highest BCUT2D eigenvalue weighted by molar-refractivity contribution is 5.97. The van der Waals surface area contributed by atoms with Crippen LogP contribution in [0.3, 0.4) is 0 Å². The Kier molecular flexibility index (Phi) is 5.92. The number of fused-ring (bicyclic) bond motifs is 1. The Labute approximate surface area is 171 Å². The average Bonchev–Trinajstić information content (AvgIpc) is 3.19. The summed E-state index contributed by atoms with van der Waals surface area (Å²) in [5, 5.41) is 3.12. The molecule has 0 radical (unpaired) electrons. The molecule has 2 heterocycles. The van der Waals surface area contributed by atoms with Gasteiger partial charge in [0.25, 0.3) is 5.91 Å². The van der Waals surface area contributed by atoms with Gasteiger partial charge < -0.3 is 15.0 Å². The number of morpholine rings is 1. The molecule has 1 unspecified atom stereocenters. The molecule has 2 amide bonds. The van der Waals surface area contributed by atoms with Gasteiger partial charge in [0, 0.05) is 44.4 Å². The van der Waals surface area contributed by atoms with Gasteiger partial charge >= 0.3 is 0 Å². The molecule has 0 saturated carbocycles. The molecular weight excluding hydrogens is 366 g/mol. The topological polar surface area (TPSA) is 61.9 Å². The number of carbonyl (C=O) groups excluding carboxylic acids is 2. The normalized spacial score (nSPS) is 17.6. The molecule has 6 nitrogen and oxygen atoms in total. The fourth-order valence-electron chi connectivity index (χ4n) is 4.18. The molecule has 2 aromatic carbocycles. The van der Waals surface area contributed by atoms with Crippen molar-refractivity contribution in [1.29, 1.82) is 0 Å². The molecule has 0 aromatic heterocycles. The molecule has 2 aromatic rings. The summed E-state index contributed by atoms with van der Waals surface area (Å²) in [6, 6.07) is 16.0. The van der Waals surface area contributed by atoms with Gasteiger partial charge in [-0.2, -0.15) is 0 Å². The van der Waals surface area contributed by atoms with Crippen LogP contribution in [0, 0.1) is 0 Å². The number of nitrogens with zero attached hydrogens (tertiary/aromatic N) is 2. The van der Waals surface area contributed by atoms with Crippen LogP contribution in [-0.4, -0.2) is 56.1 Å². The lowest BCUT2D eigenvalue weighted by molar-refractivity contribution is -0.116. The van der Waals surface area contributed by atoms with Gasteiger partial charge in [-0.1, -0.05) is 30.3 Å². The number of benzene rings is 2. The first-order chi connectivity index (χ1) is 14.1. The Hall–Kier alpha value is -2.70. The summed E-state index contributed by atoms with van der Waals surface area (Å²) < 4.78 is 5.49. The lowest BCUT2D eigenvalue weighted by Crippen LogP contribution is -2.43. The monoisotopic (exact) mass is 393 g/mol. The van der Waals surface area contributed by atoms with Crippen LogP contribution in [0.1, 0.15) is 34.5 Å². The summed E-state index contributed by atoms with van der Waals surface area (Å²) in [5.74, 6) is -0.0413. The zero-order valence-electron chi connectivity index (χ0n) is 16.8. The van der Waals surface area contributed by atoms with E-state index in [0.717, 1.165) is 44.0 Å². The lowest BCUT2D eigenvalue weighted by atomic mass is 10.0. The number of carbonyl (C=O) groups is 2. The molecule has 1 atom stereocenters. The molecule has 1 fully saturated rings. The maximum absolute atomic E-state index is 12.8. The van der Waals surface area contributed by atoms with Crippen LogP contribution in [0.4, 0.5) is 5.69 Å². The Balaban J connectivity index is 1.46. The van der Waals surface area contributed by atoms with Gasteiger partial charge in [0.15, 0.2) is 0 Å². The van der Waals surface area contributed by atoms with Crippen LogP contribution in [-0.2, 0) is 16.0 Å². The van der Waals surface area contributed by atoms with E-state index in [9.17, 15) is 9.59 Å². The number of amides is 2. The first-order valence-corrected chi connectivity index (χ1v) is 10.2. The van der Waals surface area contributed by atoms with E-state index in [0.29, 0.717) is 18.7 Å². The van der Waals surface area contributed by atoms with Crippen molar-refractivity contribution in [2.75, 3.05) is 44.3 Å². The molecule has 29 heavy (non-hydrogen) atoms. The summed E-state index contributed by atoms with van der Waals surface area (Å²) >= 11 is 0. The minimum Gasteiger partial charge on any atom is -0.379 e. The highest BCUT2D eigenvalue weighted by Gasteiger charge is 2.25. The molecule has 6 heteroatoms. The standard InChI is InChI=1S/C23H27N3O3/c1-17(27)26-10-9-19-15-20(7-8-21(19)26)23(28)24-16-22(18-5-3-2-4-6-18)25-11-13-29-14-12-25/h2-8,15,22H,9-14,16H2,1H3,(H,24,28). The number of nitrogens with one attached hydrogen (secondary N) is 1. The quantitative estimate of drug-likeness (QED) is 0.847. The predicted octanol–water partition coefficient (Wildman–Crippen LogP) is 2.40. The van der Waals surface area contributed by atoms with Gasteiger partial charge in [-0.15, -0.1) is 0 Å². The van der Waals surface area contributed by atoms with Gasteiger partial charge in [0.05, 0.1) is 19.3 Å². The third-order valence-electron chi connectivity index (χ3n) is 5.74. The number of hydrogen-bond donors (Lipinski definition) is 1.